The molecule has 1 aliphatic carbocycles. The van der Waals surface area contributed by atoms with Gasteiger partial charge in [-0.2, -0.15) is 0 Å². The molecule has 7 heteroatoms. The minimum absolute atomic E-state index is 0.169. The summed E-state index contributed by atoms with van der Waals surface area (Å²) in [6.07, 6.45) is 0.997. The van der Waals surface area contributed by atoms with Crippen molar-refractivity contribution in [1.82, 2.24) is 0 Å². The minimum atomic E-state index is -1.06. The van der Waals surface area contributed by atoms with Crippen LogP contribution < -0.4 is 20.7 Å². The predicted octanol–water partition coefficient (Wildman–Crippen LogP) is 3.01. The number of hydrogen-bond donors (Lipinski definition) is 3. The molecule has 3 rings (SSSR count). The number of carbonyl (C=O) groups excluding carboxylic acids is 3. The molecule has 1 aliphatic rings. The Morgan fingerprint density at radius 1 is 0.852 bits per heavy atom. The van der Waals surface area contributed by atoms with E-state index >= 15 is 0 Å². The third kappa shape index (κ3) is 4.25. The van der Waals surface area contributed by atoms with Gasteiger partial charge in [0.15, 0.2) is 0 Å². The largest absolute Gasteiger partial charge is 0.497 e. The number of ether oxygens (including phenoxy) is 1. The number of nitrogens with one attached hydrogen (secondary N) is 3. The van der Waals surface area contributed by atoms with E-state index in [1.165, 1.54) is 6.92 Å². The van der Waals surface area contributed by atoms with Gasteiger partial charge in [-0.3, -0.25) is 14.4 Å². The first kappa shape index (κ1) is 18.4. The number of benzene rings is 2. The van der Waals surface area contributed by atoms with Crippen molar-refractivity contribution >= 4 is 34.8 Å². The molecular formula is C20H21N3O4. The van der Waals surface area contributed by atoms with Crippen LogP contribution in [0.2, 0.25) is 0 Å². The number of anilines is 3. The highest BCUT2D eigenvalue weighted by molar-refractivity contribution is 6.17. The van der Waals surface area contributed by atoms with Gasteiger partial charge in [-0.1, -0.05) is 6.07 Å². The number of rotatable bonds is 6. The summed E-state index contributed by atoms with van der Waals surface area (Å²) in [4.78, 5) is 36.3. The summed E-state index contributed by atoms with van der Waals surface area (Å²) in [5.41, 5.74) is 0.726. The van der Waals surface area contributed by atoms with E-state index in [4.69, 9.17) is 4.74 Å². The Hall–Kier alpha value is -3.35. The molecule has 7 nitrogen and oxygen atoms in total. The van der Waals surface area contributed by atoms with Crippen LogP contribution in [0, 0.1) is 5.41 Å². The van der Waals surface area contributed by atoms with Gasteiger partial charge in [0.2, 0.25) is 17.7 Å². The van der Waals surface area contributed by atoms with Crippen LogP contribution in [-0.4, -0.2) is 24.8 Å². The molecule has 0 radical (unpaired) electrons. The third-order valence-corrected chi connectivity index (χ3v) is 4.41. The minimum Gasteiger partial charge on any atom is -0.497 e. The lowest BCUT2D eigenvalue weighted by molar-refractivity contribution is -0.131. The molecular weight excluding hydrogens is 346 g/mol. The van der Waals surface area contributed by atoms with Crippen molar-refractivity contribution in [3.63, 3.8) is 0 Å². The third-order valence-electron chi connectivity index (χ3n) is 4.41. The maximum atomic E-state index is 12.6. The summed E-state index contributed by atoms with van der Waals surface area (Å²) in [5, 5.41) is 8.22. The summed E-state index contributed by atoms with van der Waals surface area (Å²) in [7, 11) is 1.55. The lowest BCUT2D eigenvalue weighted by Gasteiger charge is -2.16. The number of methoxy groups -OCH3 is 1. The fourth-order valence-corrected chi connectivity index (χ4v) is 2.72. The molecule has 140 valence electrons. The molecule has 3 N–H and O–H groups in total. The van der Waals surface area contributed by atoms with E-state index in [1.807, 2.05) is 0 Å². The summed E-state index contributed by atoms with van der Waals surface area (Å²) in [6.45, 7) is 1.42. The average Bonchev–Trinajstić information content (AvgIpc) is 3.45. The lowest BCUT2D eigenvalue weighted by atomic mass is 10.0. The van der Waals surface area contributed by atoms with Crippen LogP contribution in [0.1, 0.15) is 19.8 Å². The van der Waals surface area contributed by atoms with Crippen molar-refractivity contribution in [2.24, 2.45) is 5.41 Å². The summed E-state index contributed by atoms with van der Waals surface area (Å²) in [5.74, 6) is -0.211. The van der Waals surface area contributed by atoms with Gasteiger partial charge >= 0.3 is 0 Å². The molecule has 0 unspecified atom stereocenters. The Labute approximate surface area is 157 Å². The number of hydrogen-bond acceptors (Lipinski definition) is 4. The molecule has 1 fully saturated rings. The average molecular weight is 367 g/mol. The van der Waals surface area contributed by atoms with Gasteiger partial charge in [0.25, 0.3) is 0 Å². The quantitative estimate of drug-likeness (QED) is 0.684. The molecule has 0 aromatic heterocycles. The van der Waals surface area contributed by atoms with E-state index in [0.29, 0.717) is 35.7 Å². The van der Waals surface area contributed by atoms with Gasteiger partial charge in [-0.05, 0) is 49.2 Å². The molecule has 0 spiro atoms. The summed E-state index contributed by atoms with van der Waals surface area (Å²) < 4.78 is 5.14. The maximum Gasteiger partial charge on any atom is 0.240 e. The molecule has 0 heterocycles. The summed E-state index contributed by atoms with van der Waals surface area (Å²) in [6, 6.07) is 13.7. The van der Waals surface area contributed by atoms with Crippen LogP contribution >= 0.6 is 0 Å². The van der Waals surface area contributed by atoms with Gasteiger partial charge in [0, 0.05) is 30.1 Å². The van der Waals surface area contributed by atoms with Crippen LogP contribution in [0.15, 0.2) is 48.5 Å². The number of carbonyl (C=O) groups is 3. The topological polar surface area (TPSA) is 96.5 Å². The Kier molecular flexibility index (Phi) is 5.12. The first-order chi connectivity index (χ1) is 12.9. The van der Waals surface area contributed by atoms with E-state index < -0.39 is 5.41 Å². The first-order valence-electron chi connectivity index (χ1n) is 8.57. The monoisotopic (exact) mass is 367 g/mol. The second-order valence-corrected chi connectivity index (χ2v) is 6.48. The fraction of sp³-hybridized carbons (Fsp3) is 0.250. The molecule has 2 aromatic rings. The van der Waals surface area contributed by atoms with E-state index in [0.717, 1.165) is 0 Å². The van der Waals surface area contributed by atoms with Crippen LogP contribution in [0.3, 0.4) is 0 Å². The van der Waals surface area contributed by atoms with Gasteiger partial charge < -0.3 is 20.7 Å². The van der Waals surface area contributed by atoms with Crippen molar-refractivity contribution < 1.29 is 19.1 Å². The number of amides is 3. The van der Waals surface area contributed by atoms with Crippen molar-refractivity contribution in [1.29, 1.82) is 0 Å². The predicted molar refractivity (Wildman–Crippen MR) is 103 cm³/mol. The van der Waals surface area contributed by atoms with Crippen LogP contribution in [0.4, 0.5) is 17.1 Å². The zero-order chi connectivity index (χ0) is 19.4. The summed E-state index contributed by atoms with van der Waals surface area (Å²) >= 11 is 0. The Morgan fingerprint density at radius 3 is 1.93 bits per heavy atom. The highest BCUT2D eigenvalue weighted by atomic mass is 16.5. The van der Waals surface area contributed by atoms with Crippen molar-refractivity contribution in [3.8, 4) is 5.75 Å². The molecule has 3 amide bonds. The van der Waals surface area contributed by atoms with E-state index in [9.17, 15) is 14.4 Å². The second kappa shape index (κ2) is 7.49. The van der Waals surface area contributed by atoms with Crippen molar-refractivity contribution in [3.05, 3.63) is 48.5 Å². The van der Waals surface area contributed by atoms with Crippen molar-refractivity contribution in [2.45, 2.75) is 19.8 Å². The normalized spacial score (nSPS) is 14.0. The Bertz CT molecular complexity index is 873. The molecule has 0 aliphatic heterocycles. The standard InChI is InChI=1S/C20H21N3O4/c1-13(24)21-14-6-8-15(9-7-14)22-18(25)20(10-11-20)19(26)23-16-4-3-5-17(12-16)27-2/h3-9,12H,10-11H2,1-2H3,(H,21,24)(H,22,25)(H,23,26). The maximum absolute atomic E-state index is 12.6. The van der Waals surface area contributed by atoms with Gasteiger partial charge in [-0.15, -0.1) is 0 Å². The van der Waals surface area contributed by atoms with E-state index in [1.54, 1.807) is 55.6 Å². The van der Waals surface area contributed by atoms with Crippen LogP contribution in [0.5, 0.6) is 5.75 Å². The molecule has 2 aromatic carbocycles. The highest BCUT2D eigenvalue weighted by Gasteiger charge is 2.56. The molecule has 1 saturated carbocycles. The Morgan fingerprint density at radius 2 is 1.41 bits per heavy atom. The zero-order valence-electron chi connectivity index (χ0n) is 15.2. The first-order valence-corrected chi connectivity index (χ1v) is 8.57. The van der Waals surface area contributed by atoms with Crippen LogP contribution in [-0.2, 0) is 14.4 Å². The molecule has 27 heavy (non-hydrogen) atoms. The fourth-order valence-electron chi connectivity index (χ4n) is 2.72. The zero-order valence-corrected chi connectivity index (χ0v) is 15.2. The smallest absolute Gasteiger partial charge is 0.240 e. The van der Waals surface area contributed by atoms with Crippen LogP contribution in [0.25, 0.3) is 0 Å². The van der Waals surface area contributed by atoms with E-state index in [-0.39, 0.29) is 17.7 Å². The highest BCUT2D eigenvalue weighted by Crippen LogP contribution is 2.47. The van der Waals surface area contributed by atoms with Gasteiger partial charge in [0.05, 0.1) is 7.11 Å². The SMILES string of the molecule is COc1cccc(NC(=O)C2(C(=O)Nc3ccc(NC(C)=O)cc3)CC2)c1. The van der Waals surface area contributed by atoms with E-state index in [2.05, 4.69) is 16.0 Å². The Balaban J connectivity index is 1.65. The van der Waals surface area contributed by atoms with Crippen molar-refractivity contribution in [2.75, 3.05) is 23.1 Å². The second-order valence-electron chi connectivity index (χ2n) is 6.48. The van der Waals surface area contributed by atoms with Gasteiger partial charge in [0.1, 0.15) is 11.2 Å². The van der Waals surface area contributed by atoms with Gasteiger partial charge in [-0.25, -0.2) is 0 Å². The molecule has 0 saturated heterocycles. The molecule has 0 bridgehead atoms. The lowest BCUT2D eigenvalue weighted by Crippen LogP contribution is -2.35. The molecule has 0 atom stereocenters.